The van der Waals surface area contributed by atoms with Crippen molar-refractivity contribution in [3.05, 3.63) is 23.2 Å². The van der Waals surface area contributed by atoms with Crippen LogP contribution in [0.5, 0.6) is 5.75 Å². The number of ether oxygens (including phenoxy) is 2. The number of anilines is 1. The van der Waals surface area contributed by atoms with Gasteiger partial charge in [-0.05, 0) is 25.1 Å². The van der Waals surface area contributed by atoms with Crippen molar-refractivity contribution in [1.29, 1.82) is 0 Å². The minimum atomic E-state index is -1.07. The van der Waals surface area contributed by atoms with Gasteiger partial charge in [-0.25, -0.2) is 10.2 Å². The molecule has 9 heteroatoms. The van der Waals surface area contributed by atoms with E-state index in [-0.39, 0.29) is 24.5 Å². The highest BCUT2D eigenvalue weighted by Crippen LogP contribution is 2.27. The SMILES string of the molecule is COc1ccc(Cl)cc1NC(=O)[C@H](C)OC(=O)C1=NNC(=O)CC1. The van der Waals surface area contributed by atoms with E-state index in [4.69, 9.17) is 21.1 Å². The Morgan fingerprint density at radius 2 is 2.12 bits per heavy atom. The Balaban J connectivity index is 1.99. The van der Waals surface area contributed by atoms with Crippen molar-refractivity contribution in [2.24, 2.45) is 5.10 Å². The molecule has 0 radical (unpaired) electrons. The number of nitrogens with zero attached hydrogens (tertiary/aromatic N) is 1. The normalized spacial score (nSPS) is 15.0. The van der Waals surface area contributed by atoms with Crippen molar-refractivity contribution >= 4 is 40.8 Å². The lowest BCUT2D eigenvalue weighted by Crippen LogP contribution is -2.35. The van der Waals surface area contributed by atoms with Crippen LogP contribution in [0.25, 0.3) is 0 Å². The topological polar surface area (TPSA) is 106 Å². The maximum Gasteiger partial charge on any atom is 0.355 e. The molecule has 2 N–H and O–H groups in total. The van der Waals surface area contributed by atoms with Gasteiger partial charge in [-0.3, -0.25) is 9.59 Å². The molecular formula is C15H16ClN3O5. The molecule has 0 aliphatic carbocycles. The summed E-state index contributed by atoms with van der Waals surface area (Å²) in [6.07, 6.45) is -0.753. The van der Waals surface area contributed by atoms with Gasteiger partial charge in [0.1, 0.15) is 11.5 Å². The second kappa shape index (κ2) is 7.78. The molecule has 1 atom stereocenters. The maximum absolute atomic E-state index is 12.2. The fourth-order valence-corrected chi connectivity index (χ4v) is 2.09. The average molecular weight is 354 g/mol. The van der Waals surface area contributed by atoms with Gasteiger partial charge < -0.3 is 14.8 Å². The fourth-order valence-electron chi connectivity index (χ4n) is 1.92. The summed E-state index contributed by atoms with van der Waals surface area (Å²) in [4.78, 5) is 35.1. The number of rotatable bonds is 5. The Kier molecular flexibility index (Phi) is 5.75. The molecule has 2 rings (SSSR count). The maximum atomic E-state index is 12.2. The molecule has 2 amide bonds. The molecule has 1 aliphatic rings. The summed E-state index contributed by atoms with van der Waals surface area (Å²) in [7, 11) is 1.46. The monoisotopic (exact) mass is 353 g/mol. The number of hydrazone groups is 1. The first-order valence-electron chi connectivity index (χ1n) is 7.11. The molecule has 128 valence electrons. The lowest BCUT2D eigenvalue weighted by Gasteiger charge is -2.17. The van der Waals surface area contributed by atoms with E-state index in [0.29, 0.717) is 16.5 Å². The number of esters is 1. The molecule has 0 saturated carbocycles. The third kappa shape index (κ3) is 4.45. The summed E-state index contributed by atoms with van der Waals surface area (Å²) in [6, 6.07) is 4.75. The third-order valence-corrected chi connectivity index (χ3v) is 3.45. The van der Waals surface area contributed by atoms with Gasteiger partial charge >= 0.3 is 5.97 Å². The molecule has 1 aromatic carbocycles. The Bertz CT molecular complexity index is 704. The van der Waals surface area contributed by atoms with Crippen molar-refractivity contribution < 1.29 is 23.9 Å². The highest BCUT2D eigenvalue weighted by molar-refractivity contribution is 6.37. The Hall–Kier alpha value is -2.61. The van der Waals surface area contributed by atoms with Crippen LogP contribution in [-0.4, -0.2) is 36.7 Å². The molecule has 0 fully saturated rings. The quantitative estimate of drug-likeness (QED) is 0.780. The Morgan fingerprint density at radius 1 is 1.38 bits per heavy atom. The molecule has 0 aromatic heterocycles. The highest BCUT2D eigenvalue weighted by Gasteiger charge is 2.24. The molecule has 24 heavy (non-hydrogen) atoms. The van der Waals surface area contributed by atoms with Crippen LogP contribution in [0.4, 0.5) is 5.69 Å². The van der Waals surface area contributed by atoms with E-state index in [0.717, 1.165) is 0 Å². The largest absolute Gasteiger partial charge is 0.495 e. The first kappa shape index (κ1) is 17.7. The lowest BCUT2D eigenvalue weighted by atomic mass is 10.2. The van der Waals surface area contributed by atoms with Crippen LogP contribution in [0.2, 0.25) is 5.02 Å². The molecule has 0 unspecified atom stereocenters. The predicted octanol–water partition coefficient (Wildman–Crippen LogP) is 1.48. The first-order valence-corrected chi connectivity index (χ1v) is 7.49. The zero-order valence-corrected chi connectivity index (χ0v) is 13.8. The number of amides is 2. The minimum absolute atomic E-state index is 0.0644. The van der Waals surface area contributed by atoms with Crippen LogP contribution in [0.3, 0.4) is 0 Å². The van der Waals surface area contributed by atoms with E-state index in [1.54, 1.807) is 12.1 Å². The second-order valence-electron chi connectivity index (χ2n) is 4.97. The van der Waals surface area contributed by atoms with E-state index in [9.17, 15) is 14.4 Å². The van der Waals surface area contributed by atoms with Gasteiger partial charge in [0.2, 0.25) is 5.91 Å². The van der Waals surface area contributed by atoms with Crippen LogP contribution < -0.4 is 15.5 Å². The average Bonchev–Trinajstić information content (AvgIpc) is 2.55. The summed E-state index contributed by atoms with van der Waals surface area (Å²) in [6.45, 7) is 1.42. The number of carbonyl (C=O) groups excluding carboxylic acids is 3. The first-order chi connectivity index (χ1) is 11.4. The highest BCUT2D eigenvalue weighted by atomic mass is 35.5. The number of nitrogens with one attached hydrogen (secondary N) is 2. The molecule has 1 aliphatic heterocycles. The van der Waals surface area contributed by atoms with Crippen LogP contribution in [0.1, 0.15) is 19.8 Å². The Labute approximate surface area is 143 Å². The number of methoxy groups -OCH3 is 1. The van der Waals surface area contributed by atoms with E-state index in [1.165, 1.54) is 20.1 Å². The van der Waals surface area contributed by atoms with E-state index in [2.05, 4.69) is 15.8 Å². The molecule has 1 aromatic rings. The molecule has 0 saturated heterocycles. The zero-order valence-electron chi connectivity index (χ0n) is 13.1. The number of hydrogen-bond donors (Lipinski definition) is 2. The predicted molar refractivity (Wildman–Crippen MR) is 87.0 cm³/mol. The van der Waals surface area contributed by atoms with Gasteiger partial charge in [0.15, 0.2) is 6.10 Å². The summed E-state index contributed by atoms with van der Waals surface area (Å²) in [5.41, 5.74) is 2.62. The van der Waals surface area contributed by atoms with Gasteiger partial charge in [-0.1, -0.05) is 11.6 Å². The molecular weight excluding hydrogens is 338 g/mol. The van der Waals surface area contributed by atoms with Gasteiger partial charge in [0.05, 0.1) is 12.8 Å². The minimum Gasteiger partial charge on any atom is -0.495 e. The van der Waals surface area contributed by atoms with Gasteiger partial charge in [0.25, 0.3) is 5.91 Å². The molecule has 0 spiro atoms. The van der Waals surface area contributed by atoms with E-state index in [1.807, 2.05) is 0 Å². The van der Waals surface area contributed by atoms with E-state index >= 15 is 0 Å². The van der Waals surface area contributed by atoms with Crippen molar-refractivity contribution in [2.75, 3.05) is 12.4 Å². The van der Waals surface area contributed by atoms with Crippen LogP contribution in [-0.2, 0) is 19.1 Å². The van der Waals surface area contributed by atoms with Gasteiger partial charge in [-0.15, -0.1) is 0 Å². The summed E-state index contributed by atoms with van der Waals surface area (Å²) in [5, 5.41) is 6.62. The molecule has 1 heterocycles. The van der Waals surface area contributed by atoms with E-state index < -0.39 is 18.0 Å². The van der Waals surface area contributed by atoms with Crippen molar-refractivity contribution in [2.45, 2.75) is 25.9 Å². The molecule has 0 bridgehead atoms. The van der Waals surface area contributed by atoms with Crippen LogP contribution in [0.15, 0.2) is 23.3 Å². The number of benzene rings is 1. The summed E-state index contributed by atoms with van der Waals surface area (Å²) >= 11 is 5.89. The number of halogens is 1. The number of carbonyl (C=O) groups is 3. The smallest absolute Gasteiger partial charge is 0.355 e. The number of hydrogen-bond acceptors (Lipinski definition) is 6. The van der Waals surface area contributed by atoms with Crippen molar-refractivity contribution in [3.8, 4) is 5.75 Å². The van der Waals surface area contributed by atoms with Gasteiger partial charge in [-0.2, -0.15) is 5.10 Å². The van der Waals surface area contributed by atoms with Gasteiger partial charge in [0, 0.05) is 17.9 Å². The zero-order chi connectivity index (χ0) is 17.7. The standard InChI is InChI=1S/C15H16ClN3O5/c1-8(24-15(22)10-4-6-13(20)19-18-10)14(21)17-11-7-9(16)3-5-12(11)23-2/h3,5,7-8H,4,6H2,1-2H3,(H,17,21)(H,19,20)/t8-/m0/s1. The van der Waals surface area contributed by atoms with Crippen LogP contribution in [0, 0.1) is 0 Å². The fraction of sp³-hybridized carbons (Fsp3) is 0.333. The summed E-state index contributed by atoms with van der Waals surface area (Å²) < 4.78 is 10.2. The molecule has 8 nitrogen and oxygen atoms in total. The second-order valence-corrected chi connectivity index (χ2v) is 5.41. The third-order valence-electron chi connectivity index (χ3n) is 3.21. The summed E-state index contributed by atoms with van der Waals surface area (Å²) in [5.74, 6) is -1.16. The van der Waals surface area contributed by atoms with Crippen molar-refractivity contribution in [1.82, 2.24) is 5.43 Å². The van der Waals surface area contributed by atoms with Crippen LogP contribution >= 0.6 is 11.6 Å². The lowest BCUT2D eigenvalue weighted by molar-refractivity contribution is -0.146. The Morgan fingerprint density at radius 3 is 2.75 bits per heavy atom. The van der Waals surface area contributed by atoms with Crippen molar-refractivity contribution in [3.63, 3.8) is 0 Å².